The van der Waals surface area contributed by atoms with E-state index in [9.17, 15) is 21.6 Å². The van der Waals surface area contributed by atoms with Crippen molar-refractivity contribution in [1.29, 1.82) is 0 Å². The zero-order valence-corrected chi connectivity index (χ0v) is 23.0. The van der Waals surface area contributed by atoms with Crippen LogP contribution in [-0.2, 0) is 24.8 Å². The first-order valence-corrected chi connectivity index (χ1v) is 14.6. The third kappa shape index (κ3) is 6.42. The third-order valence-corrected chi connectivity index (χ3v) is 9.58. The van der Waals surface area contributed by atoms with Crippen molar-refractivity contribution in [1.82, 2.24) is 4.31 Å². The van der Waals surface area contributed by atoms with E-state index < -0.39 is 32.5 Å². The second kappa shape index (κ2) is 12.0. The van der Waals surface area contributed by atoms with Gasteiger partial charge < -0.3 is 10.1 Å². The Morgan fingerprint density at radius 3 is 2.03 bits per heavy atom. The minimum absolute atomic E-state index is 0.0178. The molecule has 0 saturated heterocycles. The first-order valence-electron chi connectivity index (χ1n) is 11.4. The maximum Gasteiger partial charge on any atom is 0.264 e. The number of ether oxygens (including phenoxy) is 1. The van der Waals surface area contributed by atoms with Gasteiger partial charge in [-0.3, -0.25) is 9.10 Å². The van der Waals surface area contributed by atoms with E-state index in [1.165, 1.54) is 59.9 Å². The molecule has 0 spiro atoms. The molecule has 3 rings (SSSR count). The lowest BCUT2D eigenvalue weighted by Gasteiger charge is -2.26. The van der Waals surface area contributed by atoms with Crippen molar-refractivity contribution in [2.24, 2.45) is 0 Å². The monoisotopic (exact) mass is 565 g/mol. The van der Waals surface area contributed by atoms with Crippen LogP contribution < -0.4 is 14.4 Å². The van der Waals surface area contributed by atoms with Gasteiger partial charge in [0.1, 0.15) is 12.3 Å². The molecule has 0 atom stereocenters. The average Bonchev–Trinajstić information content (AvgIpc) is 2.88. The van der Waals surface area contributed by atoms with Gasteiger partial charge >= 0.3 is 0 Å². The number of hydrogen-bond donors (Lipinski definition) is 1. The standard InChI is InChI=1S/C25H28ClN3O6S2/c1-4-28(5-2)36(31,32)22-14-12-20(13-15-22)27-25(30)18-29(23-17-19(26)11-16-24(23)35-3)37(33,34)21-9-7-6-8-10-21/h6-17H,4-5,18H2,1-3H3,(H,27,30). The summed E-state index contributed by atoms with van der Waals surface area (Å²) in [5, 5.41) is 2.89. The zero-order chi connectivity index (χ0) is 27.2. The van der Waals surface area contributed by atoms with Crippen molar-refractivity contribution in [2.45, 2.75) is 23.6 Å². The smallest absolute Gasteiger partial charge is 0.264 e. The Kier molecular flexibility index (Phi) is 9.19. The van der Waals surface area contributed by atoms with Crippen LogP contribution in [0.15, 0.2) is 82.6 Å². The predicted octanol–water partition coefficient (Wildman–Crippen LogP) is 4.21. The Morgan fingerprint density at radius 1 is 0.865 bits per heavy atom. The SMILES string of the molecule is CCN(CC)S(=O)(=O)c1ccc(NC(=O)CN(c2cc(Cl)ccc2OC)S(=O)(=O)c2ccccc2)cc1. The highest BCUT2D eigenvalue weighted by Gasteiger charge is 2.30. The molecule has 12 heteroatoms. The number of nitrogens with zero attached hydrogens (tertiary/aromatic N) is 2. The molecule has 0 aliphatic carbocycles. The summed E-state index contributed by atoms with van der Waals surface area (Å²) in [6.45, 7) is 3.57. The van der Waals surface area contributed by atoms with Gasteiger partial charge in [0.2, 0.25) is 15.9 Å². The van der Waals surface area contributed by atoms with E-state index >= 15 is 0 Å². The normalized spacial score (nSPS) is 11.8. The van der Waals surface area contributed by atoms with Crippen LogP contribution in [0, 0.1) is 0 Å². The van der Waals surface area contributed by atoms with Crippen LogP contribution in [0.3, 0.4) is 0 Å². The van der Waals surface area contributed by atoms with E-state index in [0.29, 0.717) is 18.8 Å². The average molecular weight is 566 g/mol. The van der Waals surface area contributed by atoms with E-state index in [1.807, 2.05) is 0 Å². The second-order valence-corrected chi connectivity index (χ2v) is 12.0. The molecule has 37 heavy (non-hydrogen) atoms. The number of hydrogen-bond acceptors (Lipinski definition) is 6. The van der Waals surface area contributed by atoms with Gasteiger partial charge in [-0.05, 0) is 54.6 Å². The van der Waals surface area contributed by atoms with Crippen molar-refractivity contribution in [3.63, 3.8) is 0 Å². The van der Waals surface area contributed by atoms with Gasteiger partial charge in [0.15, 0.2) is 0 Å². The summed E-state index contributed by atoms with van der Waals surface area (Å²) in [5.41, 5.74) is 0.397. The Balaban J connectivity index is 1.92. The molecule has 0 aromatic heterocycles. The number of anilines is 2. The van der Waals surface area contributed by atoms with Gasteiger partial charge in [0.05, 0.1) is 22.6 Å². The largest absolute Gasteiger partial charge is 0.495 e. The Labute approximate surface area is 222 Å². The van der Waals surface area contributed by atoms with Gasteiger partial charge in [-0.15, -0.1) is 0 Å². The van der Waals surface area contributed by atoms with Gasteiger partial charge in [-0.2, -0.15) is 4.31 Å². The number of rotatable bonds is 11. The Morgan fingerprint density at radius 2 is 1.46 bits per heavy atom. The van der Waals surface area contributed by atoms with E-state index in [1.54, 1.807) is 38.1 Å². The van der Waals surface area contributed by atoms with Crippen LogP contribution in [0.5, 0.6) is 5.75 Å². The molecule has 3 aromatic rings. The van der Waals surface area contributed by atoms with Crippen molar-refractivity contribution < 1.29 is 26.4 Å². The number of methoxy groups -OCH3 is 1. The topological polar surface area (TPSA) is 113 Å². The first kappa shape index (κ1) is 28.5. The number of benzene rings is 3. The maximum absolute atomic E-state index is 13.6. The summed E-state index contributed by atoms with van der Waals surface area (Å²) in [6.07, 6.45) is 0. The lowest BCUT2D eigenvalue weighted by atomic mass is 10.3. The molecule has 0 saturated carbocycles. The molecule has 1 amide bonds. The van der Waals surface area contributed by atoms with Crippen LogP contribution in [-0.4, -0.2) is 53.8 Å². The molecular weight excluding hydrogens is 538 g/mol. The van der Waals surface area contributed by atoms with Crippen molar-refractivity contribution in [2.75, 3.05) is 36.4 Å². The van der Waals surface area contributed by atoms with Gasteiger partial charge in [0, 0.05) is 23.8 Å². The summed E-state index contributed by atoms with van der Waals surface area (Å²) in [7, 11) is -6.46. The van der Waals surface area contributed by atoms with E-state index in [-0.39, 0.29) is 26.3 Å². The predicted molar refractivity (Wildman–Crippen MR) is 144 cm³/mol. The maximum atomic E-state index is 13.6. The van der Waals surface area contributed by atoms with Crippen molar-refractivity contribution in [3.05, 3.63) is 77.8 Å². The van der Waals surface area contributed by atoms with Crippen LogP contribution >= 0.6 is 11.6 Å². The molecule has 0 radical (unpaired) electrons. The number of sulfonamides is 2. The molecule has 0 bridgehead atoms. The van der Waals surface area contributed by atoms with Crippen molar-refractivity contribution in [3.8, 4) is 5.75 Å². The number of nitrogens with one attached hydrogen (secondary N) is 1. The molecule has 0 fully saturated rings. The summed E-state index contributed by atoms with van der Waals surface area (Å²) < 4.78 is 60.1. The minimum Gasteiger partial charge on any atom is -0.495 e. The molecular formula is C25H28ClN3O6S2. The minimum atomic E-state index is -4.18. The first-order chi connectivity index (χ1) is 17.5. The zero-order valence-electron chi connectivity index (χ0n) is 20.6. The van der Waals surface area contributed by atoms with E-state index in [0.717, 1.165) is 4.31 Å². The summed E-state index contributed by atoms with van der Waals surface area (Å²) in [5.74, 6) is -0.441. The third-order valence-electron chi connectivity index (χ3n) is 5.51. The summed E-state index contributed by atoms with van der Waals surface area (Å²) in [4.78, 5) is 13.1. The fourth-order valence-corrected chi connectivity index (χ4v) is 6.70. The fourth-order valence-electron chi connectivity index (χ4n) is 3.63. The molecule has 9 nitrogen and oxygen atoms in total. The lowest BCUT2D eigenvalue weighted by Crippen LogP contribution is -2.38. The highest BCUT2D eigenvalue weighted by molar-refractivity contribution is 7.93. The number of carbonyl (C=O) groups excluding carboxylic acids is 1. The second-order valence-electron chi connectivity index (χ2n) is 7.80. The molecule has 1 N–H and O–H groups in total. The fraction of sp³-hybridized carbons (Fsp3) is 0.240. The van der Waals surface area contributed by atoms with Gasteiger partial charge in [-0.25, -0.2) is 16.8 Å². The van der Waals surface area contributed by atoms with Gasteiger partial charge in [0.25, 0.3) is 10.0 Å². The van der Waals surface area contributed by atoms with Crippen LogP contribution in [0.2, 0.25) is 5.02 Å². The van der Waals surface area contributed by atoms with Crippen LogP contribution in [0.25, 0.3) is 0 Å². The summed E-state index contributed by atoms with van der Waals surface area (Å²) >= 11 is 6.14. The van der Waals surface area contributed by atoms with Crippen molar-refractivity contribution >= 4 is 48.9 Å². The summed E-state index contributed by atoms with van der Waals surface area (Å²) in [6, 6.07) is 17.8. The van der Waals surface area contributed by atoms with Gasteiger partial charge in [-0.1, -0.05) is 43.6 Å². The molecule has 3 aromatic carbocycles. The highest BCUT2D eigenvalue weighted by Crippen LogP contribution is 2.34. The molecule has 0 heterocycles. The van der Waals surface area contributed by atoms with E-state index in [4.69, 9.17) is 16.3 Å². The van der Waals surface area contributed by atoms with E-state index in [2.05, 4.69) is 5.32 Å². The number of amides is 1. The number of halogens is 1. The molecule has 0 unspecified atom stereocenters. The van der Waals surface area contributed by atoms with Crippen LogP contribution in [0.4, 0.5) is 11.4 Å². The Bertz CT molecular complexity index is 1440. The number of carbonyl (C=O) groups is 1. The Hall–Kier alpha value is -3.12. The highest BCUT2D eigenvalue weighted by atomic mass is 35.5. The quantitative estimate of drug-likeness (QED) is 0.372. The van der Waals surface area contributed by atoms with Crippen LogP contribution in [0.1, 0.15) is 13.8 Å². The molecule has 0 aliphatic rings. The molecule has 0 aliphatic heterocycles. The molecule has 198 valence electrons. The lowest BCUT2D eigenvalue weighted by molar-refractivity contribution is -0.114.